The molecule has 3 aliphatic rings. The quantitative estimate of drug-likeness (QED) is 0.739. The summed E-state index contributed by atoms with van der Waals surface area (Å²) in [4.78, 5) is 12.5. The molecule has 1 aromatic rings. The standard InChI is InChI=1S/C23H35N3O/c1-18-16-21(26(14-5-6-15-26)25-13-7-8-19(25)2)11-12-22(18)24-23(27)17-20-9-3-4-10-20/h11-12,16,19-20H,3-10,13-15,17H2,1-2H3/p+1/t19-/m0/s1. The van der Waals surface area contributed by atoms with Crippen molar-refractivity contribution in [3.05, 3.63) is 23.8 Å². The van der Waals surface area contributed by atoms with Crippen LogP contribution in [-0.4, -0.2) is 36.6 Å². The zero-order chi connectivity index (χ0) is 18.9. The molecule has 0 bridgehead atoms. The molecular formula is C23H36N3O+. The molecule has 1 amide bonds. The molecular weight excluding hydrogens is 334 g/mol. The molecule has 2 saturated heterocycles. The van der Waals surface area contributed by atoms with E-state index in [1.165, 1.54) is 82.3 Å². The van der Waals surface area contributed by atoms with Crippen LogP contribution in [0.15, 0.2) is 18.2 Å². The lowest BCUT2D eigenvalue weighted by molar-refractivity contribution is -0.117. The zero-order valence-electron chi connectivity index (χ0n) is 17.2. The third-order valence-corrected chi connectivity index (χ3v) is 7.23. The second-order valence-corrected chi connectivity index (χ2v) is 9.13. The summed E-state index contributed by atoms with van der Waals surface area (Å²) in [6.07, 6.45) is 11.0. The summed E-state index contributed by atoms with van der Waals surface area (Å²) < 4.78 is 1.03. The number of rotatable bonds is 5. The van der Waals surface area contributed by atoms with Gasteiger partial charge in [-0.15, -0.1) is 5.01 Å². The summed E-state index contributed by atoms with van der Waals surface area (Å²) in [5.41, 5.74) is 3.60. The summed E-state index contributed by atoms with van der Waals surface area (Å²) in [6, 6.07) is 7.42. The highest BCUT2D eigenvalue weighted by Gasteiger charge is 2.45. The number of carbonyl (C=O) groups is 1. The highest BCUT2D eigenvalue weighted by atomic mass is 16.1. The topological polar surface area (TPSA) is 32.3 Å². The summed E-state index contributed by atoms with van der Waals surface area (Å²) in [6.45, 7) is 8.18. The highest BCUT2D eigenvalue weighted by Crippen LogP contribution is 2.38. The van der Waals surface area contributed by atoms with E-state index in [1.807, 2.05) is 0 Å². The SMILES string of the molecule is Cc1cc([N+]2(N3CCC[C@@H]3C)CCCC2)ccc1NC(=O)CC1CCCC1. The molecule has 0 radical (unpaired) electrons. The van der Waals surface area contributed by atoms with Gasteiger partial charge in [-0.2, -0.15) is 0 Å². The first-order valence-corrected chi connectivity index (χ1v) is 11.1. The van der Waals surface area contributed by atoms with Crippen LogP contribution in [0.5, 0.6) is 0 Å². The van der Waals surface area contributed by atoms with E-state index in [-0.39, 0.29) is 5.91 Å². The van der Waals surface area contributed by atoms with Crippen molar-refractivity contribution >= 4 is 17.3 Å². The smallest absolute Gasteiger partial charge is 0.224 e. The molecule has 0 aromatic heterocycles. The van der Waals surface area contributed by atoms with Crippen molar-refractivity contribution in [1.82, 2.24) is 9.60 Å². The fraction of sp³-hybridized carbons (Fsp3) is 0.696. The van der Waals surface area contributed by atoms with Gasteiger partial charge in [0.15, 0.2) is 5.69 Å². The van der Waals surface area contributed by atoms with E-state index in [2.05, 4.69) is 42.4 Å². The van der Waals surface area contributed by atoms with Crippen molar-refractivity contribution in [3.8, 4) is 0 Å². The van der Waals surface area contributed by atoms with Gasteiger partial charge >= 0.3 is 0 Å². The molecule has 1 atom stereocenters. The van der Waals surface area contributed by atoms with Crippen LogP contribution in [0.4, 0.5) is 11.4 Å². The molecule has 148 valence electrons. The van der Waals surface area contributed by atoms with Crippen LogP contribution in [0.1, 0.15) is 70.3 Å². The van der Waals surface area contributed by atoms with E-state index in [9.17, 15) is 4.79 Å². The van der Waals surface area contributed by atoms with Crippen LogP contribution in [-0.2, 0) is 4.79 Å². The third kappa shape index (κ3) is 3.79. The van der Waals surface area contributed by atoms with Crippen molar-refractivity contribution in [3.63, 3.8) is 0 Å². The van der Waals surface area contributed by atoms with Gasteiger partial charge in [0.25, 0.3) is 0 Å². The normalized spacial score (nSPS) is 25.9. The predicted octanol–water partition coefficient (Wildman–Crippen LogP) is 5.01. The Labute approximate surface area is 164 Å². The summed E-state index contributed by atoms with van der Waals surface area (Å²) >= 11 is 0. The first-order valence-electron chi connectivity index (χ1n) is 11.1. The number of aryl methyl sites for hydroxylation is 1. The van der Waals surface area contributed by atoms with Crippen molar-refractivity contribution in [2.75, 3.05) is 25.0 Å². The Kier molecular flexibility index (Phi) is 5.56. The lowest BCUT2D eigenvalue weighted by Crippen LogP contribution is -2.61. The van der Waals surface area contributed by atoms with Crippen LogP contribution >= 0.6 is 0 Å². The number of anilines is 1. The number of hydrogen-bond acceptors (Lipinski definition) is 2. The predicted molar refractivity (Wildman–Crippen MR) is 113 cm³/mol. The second-order valence-electron chi connectivity index (χ2n) is 9.13. The summed E-state index contributed by atoms with van der Waals surface area (Å²) in [5, 5.41) is 5.91. The Balaban J connectivity index is 1.50. The van der Waals surface area contributed by atoms with Crippen LogP contribution in [0.25, 0.3) is 0 Å². The molecule has 4 nitrogen and oxygen atoms in total. The minimum atomic E-state index is 0.191. The molecule has 1 saturated carbocycles. The maximum atomic E-state index is 12.5. The van der Waals surface area contributed by atoms with Gasteiger partial charge in [0.1, 0.15) is 13.1 Å². The van der Waals surface area contributed by atoms with Gasteiger partial charge < -0.3 is 5.32 Å². The molecule has 4 heteroatoms. The third-order valence-electron chi connectivity index (χ3n) is 7.23. The van der Waals surface area contributed by atoms with Crippen molar-refractivity contribution < 1.29 is 4.79 Å². The first kappa shape index (κ1) is 18.9. The minimum absolute atomic E-state index is 0.191. The maximum Gasteiger partial charge on any atom is 0.224 e. The Morgan fingerprint density at radius 1 is 1.11 bits per heavy atom. The van der Waals surface area contributed by atoms with Gasteiger partial charge in [0, 0.05) is 43.6 Å². The van der Waals surface area contributed by atoms with E-state index in [0.29, 0.717) is 18.4 Å². The molecule has 1 N–H and O–H groups in total. The molecule has 4 rings (SSSR count). The average Bonchev–Trinajstić information content (AvgIpc) is 3.38. The Hall–Kier alpha value is -1.39. The van der Waals surface area contributed by atoms with E-state index in [4.69, 9.17) is 0 Å². The van der Waals surface area contributed by atoms with Crippen LogP contribution in [0.3, 0.4) is 0 Å². The largest absolute Gasteiger partial charge is 0.326 e. The number of nitrogens with zero attached hydrogens (tertiary/aromatic N) is 2. The molecule has 3 fully saturated rings. The van der Waals surface area contributed by atoms with Gasteiger partial charge in [-0.05, 0) is 57.1 Å². The highest BCUT2D eigenvalue weighted by molar-refractivity contribution is 5.91. The Morgan fingerprint density at radius 2 is 1.85 bits per heavy atom. The molecule has 1 aromatic carbocycles. The Morgan fingerprint density at radius 3 is 2.48 bits per heavy atom. The fourth-order valence-electron chi connectivity index (χ4n) is 5.73. The average molecular weight is 371 g/mol. The Bertz CT molecular complexity index is 674. The van der Waals surface area contributed by atoms with Crippen LogP contribution < -0.4 is 9.91 Å². The van der Waals surface area contributed by atoms with E-state index in [0.717, 1.165) is 10.3 Å². The van der Waals surface area contributed by atoms with Crippen molar-refractivity contribution in [1.29, 1.82) is 0 Å². The minimum Gasteiger partial charge on any atom is -0.326 e. The fourth-order valence-corrected chi connectivity index (χ4v) is 5.73. The van der Waals surface area contributed by atoms with Crippen molar-refractivity contribution in [2.45, 2.75) is 77.7 Å². The molecule has 2 aliphatic heterocycles. The molecule has 2 heterocycles. The number of carbonyl (C=O) groups excluding carboxylic acids is 1. The van der Waals surface area contributed by atoms with E-state index >= 15 is 0 Å². The number of hydrogen-bond donors (Lipinski definition) is 1. The second kappa shape index (κ2) is 7.92. The lowest BCUT2D eigenvalue weighted by atomic mass is 10.0. The number of nitrogens with one attached hydrogen (secondary N) is 1. The van der Waals surface area contributed by atoms with Gasteiger partial charge in [0.05, 0.1) is 6.04 Å². The lowest BCUT2D eigenvalue weighted by Gasteiger charge is -2.43. The molecule has 0 unspecified atom stereocenters. The first-order chi connectivity index (χ1) is 13.1. The maximum absolute atomic E-state index is 12.5. The van der Waals surface area contributed by atoms with Crippen LogP contribution in [0.2, 0.25) is 0 Å². The van der Waals surface area contributed by atoms with Gasteiger partial charge in [-0.25, -0.2) is 4.59 Å². The number of quaternary nitrogens is 1. The molecule has 27 heavy (non-hydrogen) atoms. The molecule has 0 spiro atoms. The van der Waals surface area contributed by atoms with E-state index < -0.39 is 0 Å². The summed E-state index contributed by atoms with van der Waals surface area (Å²) in [7, 11) is 0. The number of amides is 1. The van der Waals surface area contributed by atoms with Gasteiger partial charge in [-0.1, -0.05) is 12.8 Å². The van der Waals surface area contributed by atoms with Gasteiger partial charge in [-0.3, -0.25) is 4.79 Å². The van der Waals surface area contributed by atoms with Gasteiger partial charge in [0.2, 0.25) is 5.91 Å². The molecule has 1 aliphatic carbocycles. The van der Waals surface area contributed by atoms with Crippen LogP contribution in [0, 0.1) is 12.8 Å². The summed E-state index contributed by atoms with van der Waals surface area (Å²) in [5.74, 6) is 0.788. The number of benzene rings is 1. The zero-order valence-corrected chi connectivity index (χ0v) is 17.2. The van der Waals surface area contributed by atoms with E-state index in [1.54, 1.807) is 0 Å². The monoisotopic (exact) mass is 370 g/mol. The van der Waals surface area contributed by atoms with Crippen molar-refractivity contribution in [2.24, 2.45) is 5.92 Å².